The lowest BCUT2D eigenvalue weighted by molar-refractivity contribution is -0.384. The zero-order valence-corrected chi connectivity index (χ0v) is 14.2. The summed E-state index contributed by atoms with van der Waals surface area (Å²) >= 11 is 7.26. The van der Waals surface area contributed by atoms with Crippen molar-refractivity contribution in [2.75, 3.05) is 5.32 Å². The Kier molecular flexibility index (Phi) is 5.05. The summed E-state index contributed by atoms with van der Waals surface area (Å²) in [5, 5.41) is 21.1. The van der Waals surface area contributed by atoms with Gasteiger partial charge in [-0.3, -0.25) is 14.9 Å². The second kappa shape index (κ2) is 7.41. The van der Waals surface area contributed by atoms with E-state index in [0.29, 0.717) is 17.4 Å². The molecule has 0 radical (unpaired) electrons. The van der Waals surface area contributed by atoms with Crippen LogP contribution in [0.3, 0.4) is 0 Å². The number of rotatable bonds is 6. The summed E-state index contributed by atoms with van der Waals surface area (Å²) in [5.74, 6) is 0.496. The Morgan fingerprint density at radius 2 is 2.24 bits per heavy atom. The standard InChI is InChI=1S/C15H11ClN4O4S/c16-11-2-1-10(7-12(11)20(22)23)17-13(21)3-4-14-18-15(19-24-14)9-5-6-25-8-9/h1-2,5-8H,3-4H2,(H,17,21). The van der Waals surface area contributed by atoms with Crippen molar-refractivity contribution in [3.8, 4) is 11.4 Å². The number of nitrogens with zero attached hydrogens (tertiary/aromatic N) is 3. The Morgan fingerprint density at radius 3 is 2.96 bits per heavy atom. The first kappa shape index (κ1) is 17.1. The largest absolute Gasteiger partial charge is 0.339 e. The van der Waals surface area contributed by atoms with Gasteiger partial charge in [0.2, 0.25) is 17.6 Å². The molecule has 1 N–H and O–H groups in total. The first-order chi connectivity index (χ1) is 12.0. The van der Waals surface area contributed by atoms with Crippen molar-refractivity contribution in [2.45, 2.75) is 12.8 Å². The second-order valence-electron chi connectivity index (χ2n) is 5.00. The van der Waals surface area contributed by atoms with Gasteiger partial charge in [0.15, 0.2) is 0 Å². The zero-order chi connectivity index (χ0) is 17.8. The van der Waals surface area contributed by atoms with E-state index in [4.69, 9.17) is 16.1 Å². The molecule has 0 fully saturated rings. The minimum atomic E-state index is -0.609. The van der Waals surface area contributed by atoms with Crippen molar-refractivity contribution in [1.29, 1.82) is 0 Å². The molecule has 0 unspecified atom stereocenters. The van der Waals surface area contributed by atoms with E-state index in [1.807, 2.05) is 16.8 Å². The van der Waals surface area contributed by atoms with Crippen LogP contribution >= 0.6 is 22.9 Å². The van der Waals surface area contributed by atoms with Gasteiger partial charge >= 0.3 is 0 Å². The van der Waals surface area contributed by atoms with Crippen LogP contribution in [-0.2, 0) is 11.2 Å². The van der Waals surface area contributed by atoms with Gasteiger partial charge in [-0.15, -0.1) is 0 Å². The SMILES string of the molecule is O=C(CCc1nc(-c2ccsc2)no1)Nc1ccc(Cl)c([N+](=O)[O-])c1. The third-order valence-electron chi connectivity index (χ3n) is 3.24. The van der Waals surface area contributed by atoms with Crippen LogP contribution in [0.5, 0.6) is 0 Å². The molecule has 0 atom stereocenters. The highest BCUT2D eigenvalue weighted by Gasteiger charge is 2.15. The Balaban J connectivity index is 1.58. The molecule has 25 heavy (non-hydrogen) atoms. The van der Waals surface area contributed by atoms with Crippen molar-refractivity contribution in [1.82, 2.24) is 10.1 Å². The fourth-order valence-corrected chi connectivity index (χ4v) is 2.86. The van der Waals surface area contributed by atoms with Crippen LogP contribution < -0.4 is 5.32 Å². The van der Waals surface area contributed by atoms with Crippen molar-refractivity contribution >= 4 is 40.2 Å². The first-order valence-corrected chi connectivity index (χ1v) is 8.44. The number of aromatic nitrogens is 2. The molecule has 2 heterocycles. The normalized spacial score (nSPS) is 10.6. The van der Waals surface area contributed by atoms with Crippen LogP contribution in [0.2, 0.25) is 5.02 Å². The second-order valence-corrected chi connectivity index (χ2v) is 6.18. The Morgan fingerprint density at radius 1 is 1.40 bits per heavy atom. The minimum Gasteiger partial charge on any atom is -0.339 e. The molecular formula is C15H11ClN4O4S. The molecule has 0 aliphatic carbocycles. The molecule has 1 aromatic carbocycles. The molecule has 10 heteroatoms. The smallest absolute Gasteiger partial charge is 0.289 e. The number of carbonyl (C=O) groups is 1. The summed E-state index contributed by atoms with van der Waals surface area (Å²) in [4.78, 5) is 26.5. The molecule has 0 spiro atoms. The van der Waals surface area contributed by atoms with Crippen LogP contribution in [-0.4, -0.2) is 21.0 Å². The topological polar surface area (TPSA) is 111 Å². The number of amides is 1. The highest BCUT2D eigenvalue weighted by molar-refractivity contribution is 7.08. The summed E-state index contributed by atoms with van der Waals surface area (Å²) in [6.07, 6.45) is 0.361. The van der Waals surface area contributed by atoms with Crippen LogP contribution in [0.1, 0.15) is 12.3 Å². The van der Waals surface area contributed by atoms with Gasteiger partial charge in [0.25, 0.3) is 5.69 Å². The van der Waals surface area contributed by atoms with Crippen LogP contribution in [0, 0.1) is 10.1 Å². The predicted octanol–water partition coefficient (Wildman–Crippen LogP) is 3.93. The summed E-state index contributed by atoms with van der Waals surface area (Å²) < 4.78 is 5.11. The molecule has 0 aliphatic heterocycles. The van der Waals surface area contributed by atoms with Crippen molar-refractivity contribution in [3.05, 3.63) is 56.1 Å². The number of nitro groups is 1. The van der Waals surface area contributed by atoms with Crippen LogP contribution in [0.25, 0.3) is 11.4 Å². The fraction of sp³-hybridized carbons (Fsp3) is 0.133. The number of nitro benzene ring substituents is 1. The average Bonchev–Trinajstić information content (AvgIpc) is 3.25. The summed E-state index contributed by atoms with van der Waals surface area (Å²) in [6.45, 7) is 0. The van der Waals surface area contributed by atoms with Gasteiger partial charge in [-0.05, 0) is 23.6 Å². The number of thiophene rings is 1. The van der Waals surface area contributed by atoms with E-state index in [1.165, 1.54) is 29.5 Å². The summed E-state index contributed by atoms with van der Waals surface area (Å²) in [7, 11) is 0. The molecule has 0 bridgehead atoms. The Hall–Kier alpha value is -2.78. The number of hydrogen-bond acceptors (Lipinski definition) is 7. The number of aryl methyl sites for hydroxylation is 1. The monoisotopic (exact) mass is 378 g/mol. The number of carbonyl (C=O) groups excluding carboxylic acids is 1. The summed E-state index contributed by atoms with van der Waals surface area (Å²) in [6, 6.07) is 5.94. The van der Waals surface area contributed by atoms with E-state index in [2.05, 4.69) is 15.5 Å². The fourth-order valence-electron chi connectivity index (χ4n) is 2.04. The van der Waals surface area contributed by atoms with E-state index in [9.17, 15) is 14.9 Å². The molecule has 128 valence electrons. The van der Waals surface area contributed by atoms with E-state index < -0.39 is 4.92 Å². The average molecular weight is 379 g/mol. The quantitative estimate of drug-likeness (QED) is 0.513. The number of benzene rings is 1. The highest BCUT2D eigenvalue weighted by atomic mass is 35.5. The molecule has 3 aromatic rings. The lowest BCUT2D eigenvalue weighted by Gasteiger charge is -2.04. The maximum atomic E-state index is 12.0. The zero-order valence-electron chi connectivity index (χ0n) is 12.6. The van der Waals surface area contributed by atoms with Gasteiger partial charge in [-0.1, -0.05) is 16.8 Å². The molecule has 0 aliphatic rings. The van der Waals surface area contributed by atoms with Crippen LogP contribution in [0.4, 0.5) is 11.4 Å². The molecule has 1 amide bonds. The molecule has 2 aromatic heterocycles. The van der Waals surface area contributed by atoms with Gasteiger partial charge in [0.1, 0.15) is 5.02 Å². The van der Waals surface area contributed by atoms with Gasteiger partial charge in [0, 0.05) is 35.5 Å². The lowest BCUT2D eigenvalue weighted by Crippen LogP contribution is -2.12. The molecule has 0 saturated carbocycles. The van der Waals surface area contributed by atoms with Crippen LogP contribution in [0.15, 0.2) is 39.5 Å². The van der Waals surface area contributed by atoms with Crippen molar-refractivity contribution in [3.63, 3.8) is 0 Å². The first-order valence-electron chi connectivity index (χ1n) is 7.12. The predicted molar refractivity (Wildman–Crippen MR) is 92.7 cm³/mol. The van der Waals surface area contributed by atoms with E-state index in [-0.39, 0.29) is 29.5 Å². The molecule has 3 rings (SSSR count). The maximum absolute atomic E-state index is 12.0. The Labute approximate surface area is 150 Å². The van der Waals surface area contributed by atoms with Crippen molar-refractivity contribution in [2.24, 2.45) is 0 Å². The molecule has 8 nitrogen and oxygen atoms in total. The molecular weight excluding hydrogens is 368 g/mol. The molecule has 0 saturated heterocycles. The van der Waals surface area contributed by atoms with E-state index >= 15 is 0 Å². The third kappa shape index (κ3) is 4.20. The van der Waals surface area contributed by atoms with Gasteiger partial charge in [-0.2, -0.15) is 16.3 Å². The maximum Gasteiger partial charge on any atom is 0.289 e. The third-order valence-corrected chi connectivity index (χ3v) is 4.24. The number of nitrogens with one attached hydrogen (secondary N) is 1. The van der Waals surface area contributed by atoms with Crippen molar-refractivity contribution < 1.29 is 14.2 Å². The number of anilines is 1. The highest BCUT2D eigenvalue weighted by Crippen LogP contribution is 2.27. The van der Waals surface area contributed by atoms with E-state index in [0.717, 1.165) is 5.56 Å². The van der Waals surface area contributed by atoms with Gasteiger partial charge < -0.3 is 9.84 Å². The minimum absolute atomic E-state index is 0.00909. The van der Waals surface area contributed by atoms with E-state index in [1.54, 1.807) is 0 Å². The number of halogens is 1. The number of hydrogen-bond donors (Lipinski definition) is 1. The van der Waals surface area contributed by atoms with Gasteiger partial charge in [0.05, 0.1) is 4.92 Å². The summed E-state index contributed by atoms with van der Waals surface area (Å²) in [5.41, 5.74) is 0.889. The lowest BCUT2D eigenvalue weighted by atomic mass is 10.2. The Bertz CT molecular complexity index is 910. The van der Waals surface area contributed by atoms with Gasteiger partial charge in [-0.25, -0.2) is 0 Å².